The second-order valence-corrected chi connectivity index (χ2v) is 8.76. The number of benzene rings is 1. The molecule has 1 aromatic heterocycles. The van der Waals surface area contributed by atoms with Crippen LogP contribution < -0.4 is 0 Å². The summed E-state index contributed by atoms with van der Waals surface area (Å²) in [6, 6.07) is 7.23. The highest BCUT2D eigenvalue weighted by atomic mass is 16.3. The van der Waals surface area contributed by atoms with Gasteiger partial charge in [0.1, 0.15) is 5.75 Å². The Kier molecular flexibility index (Phi) is 6.66. The minimum absolute atomic E-state index is 0.265. The second-order valence-electron chi connectivity index (χ2n) is 8.76. The van der Waals surface area contributed by atoms with Gasteiger partial charge in [-0.2, -0.15) is 0 Å². The molecule has 4 rings (SSSR count). The van der Waals surface area contributed by atoms with Gasteiger partial charge in [-0.25, -0.2) is 0 Å². The monoisotopic (exact) mass is 413 g/mol. The lowest BCUT2D eigenvalue weighted by Gasteiger charge is -2.43. The Bertz CT molecular complexity index is 1010. The van der Waals surface area contributed by atoms with Gasteiger partial charge in [0.2, 0.25) is 0 Å². The van der Waals surface area contributed by atoms with E-state index in [-0.39, 0.29) is 5.75 Å². The first-order valence-corrected chi connectivity index (χ1v) is 11.2. The molecule has 1 saturated heterocycles. The van der Waals surface area contributed by atoms with E-state index in [2.05, 4.69) is 65.2 Å². The summed E-state index contributed by atoms with van der Waals surface area (Å²) >= 11 is 0. The molecule has 0 radical (unpaired) electrons. The summed E-state index contributed by atoms with van der Waals surface area (Å²) in [6.07, 6.45) is 20.0. The van der Waals surface area contributed by atoms with Gasteiger partial charge in [0.15, 0.2) is 0 Å². The van der Waals surface area contributed by atoms with Crippen LogP contribution in [-0.4, -0.2) is 33.1 Å². The fourth-order valence-electron chi connectivity index (χ4n) is 4.02. The van der Waals surface area contributed by atoms with Gasteiger partial charge in [-0.1, -0.05) is 44.2 Å². The van der Waals surface area contributed by atoms with Crippen LogP contribution in [0.15, 0.2) is 84.4 Å². The first-order chi connectivity index (χ1) is 15.1. The van der Waals surface area contributed by atoms with Crippen LogP contribution in [0.2, 0.25) is 0 Å². The van der Waals surface area contributed by atoms with E-state index in [1.807, 2.05) is 12.1 Å². The second kappa shape index (κ2) is 9.78. The van der Waals surface area contributed by atoms with Crippen molar-refractivity contribution < 1.29 is 5.11 Å². The molecule has 4 nitrogen and oxygen atoms in total. The Morgan fingerprint density at radius 1 is 1.13 bits per heavy atom. The molecule has 0 atom stereocenters. The van der Waals surface area contributed by atoms with Gasteiger partial charge in [-0.05, 0) is 61.1 Å². The Morgan fingerprint density at radius 3 is 2.61 bits per heavy atom. The van der Waals surface area contributed by atoms with Crippen LogP contribution in [0, 0.1) is 5.92 Å². The fourth-order valence-corrected chi connectivity index (χ4v) is 4.02. The van der Waals surface area contributed by atoms with Crippen LogP contribution in [0.1, 0.15) is 44.7 Å². The Balaban J connectivity index is 1.50. The van der Waals surface area contributed by atoms with Gasteiger partial charge < -0.3 is 10.0 Å². The average Bonchev–Trinajstić information content (AvgIpc) is 2.76. The predicted octanol–water partition coefficient (Wildman–Crippen LogP) is 6.01. The molecule has 2 heterocycles. The molecule has 2 aliphatic rings. The van der Waals surface area contributed by atoms with Crippen LogP contribution in [0.4, 0.5) is 0 Å². The highest BCUT2D eigenvalue weighted by molar-refractivity contribution is 5.63. The number of likely N-dealkylation sites (tertiary alicyclic amines) is 1. The number of hydrogen-bond donors (Lipinski definition) is 1. The summed E-state index contributed by atoms with van der Waals surface area (Å²) in [5, 5.41) is 9.61. The van der Waals surface area contributed by atoms with E-state index in [1.165, 1.54) is 17.7 Å². The van der Waals surface area contributed by atoms with Crippen molar-refractivity contribution in [3.63, 3.8) is 0 Å². The lowest BCUT2D eigenvalue weighted by atomic mass is 9.90. The third kappa shape index (κ3) is 5.32. The average molecular weight is 414 g/mol. The zero-order valence-electron chi connectivity index (χ0n) is 18.4. The normalized spacial score (nSPS) is 18.1. The maximum atomic E-state index is 9.61. The summed E-state index contributed by atoms with van der Waals surface area (Å²) in [7, 11) is 0. The predicted molar refractivity (Wildman–Crippen MR) is 127 cm³/mol. The number of aromatic hydroxyl groups is 1. The number of hydrogen-bond acceptors (Lipinski definition) is 4. The van der Waals surface area contributed by atoms with Crippen molar-refractivity contribution in [1.29, 1.82) is 0 Å². The molecular weight excluding hydrogens is 382 g/mol. The quantitative estimate of drug-likeness (QED) is 0.604. The highest BCUT2D eigenvalue weighted by Gasteiger charge is 2.32. The molecule has 1 aliphatic carbocycles. The first-order valence-electron chi connectivity index (χ1n) is 11.2. The molecule has 0 spiro atoms. The van der Waals surface area contributed by atoms with Crippen LogP contribution in [0.5, 0.6) is 5.75 Å². The van der Waals surface area contributed by atoms with Crippen LogP contribution >= 0.6 is 0 Å². The van der Waals surface area contributed by atoms with Gasteiger partial charge in [-0.15, -0.1) is 0 Å². The van der Waals surface area contributed by atoms with E-state index in [1.54, 1.807) is 24.5 Å². The van der Waals surface area contributed by atoms with Crippen molar-refractivity contribution in [3.05, 3.63) is 90.1 Å². The molecule has 1 aromatic carbocycles. The molecule has 0 saturated carbocycles. The minimum Gasteiger partial charge on any atom is -0.508 e. The third-order valence-electron chi connectivity index (χ3n) is 5.92. The van der Waals surface area contributed by atoms with Crippen LogP contribution in [0.3, 0.4) is 0 Å². The molecule has 31 heavy (non-hydrogen) atoms. The number of rotatable bonds is 7. The standard InChI is InChI=1S/C27H31N3O/c1-20(2)8-12-24(13-9-21-6-4-3-5-7-21)30-18-23(19-30)27-26(28-16-17-29-27)22-10-14-25(31)15-11-22/h3-6,9-11,13-17,20,23,31H,7-8,12,18-19H2,1-2H3. The summed E-state index contributed by atoms with van der Waals surface area (Å²) in [5.74, 6) is 1.32. The Labute approximate surface area is 185 Å². The topological polar surface area (TPSA) is 49.2 Å². The molecule has 1 fully saturated rings. The summed E-state index contributed by atoms with van der Waals surface area (Å²) in [4.78, 5) is 11.8. The largest absolute Gasteiger partial charge is 0.508 e. The third-order valence-corrected chi connectivity index (χ3v) is 5.92. The summed E-state index contributed by atoms with van der Waals surface area (Å²) in [6.45, 7) is 6.50. The molecule has 0 amide bonds. The van der Waals surface area contributed by atoms with Crippen molar-refractivity contribution in [2.75, 3.05) is 13.1 Å². The molecule has 2 aromatic rings. The lowest BCUT2D eigenvalue weighted by molar-refractivity contribution is 0.187. The highest BCUT2D eigenvalue weighted by Crippen LogP contribution is 2.35. The van der Waals surface area contributed by atoms with Crippen LogP contribution in [-0.2, 0) is 0 Å². The Morgan fingerprint density at radius 2 is 1.90 bits per heavy atom. The lowest BCUT2D eigenvalue weighted by Crippen LogP contribution is -2.44. The van der Waals surface area contributed by atoms with Crippen LogP contribution in [0.25, 0.3) is 11.3 Å². The van der Waals surface area contributed by atoms with Crippen molar-refractivity contribution in [3.8, 4) is 17.0 Å². The summed E-state index contributed by atoms with van der Waals surface area (Å²) < 4.78 is 0. The molecule has 4 heteroatoms. The zero-order valence-corrected chi connectivity index (χ0v) is 18.4. The van der Waals surface area contributed by atoms with Crippen molar-refractivity contribution in [2.45, 2.75) is 39.0 Å². The number of nitrogens with zero attached hydrogens (tertiary/aromatic N) is 3. The van der Waals surface area contributed by atoms with E-state index in [9.17, 15) is 5.11 Å². The SMILES string of the molecule is CC(C)CCC(=CC=C1C=CC=CC1)N1CC(c2nccnc2-c2ccc(O)cc2)C1. The molecule has 1 N–H and O–H groups in total. The van der Waals surface area contributed by atoms with E-state index >= 15 is 0 Å². The molecular formula is C27H31N3O. The Hall–Kier alpha value is -3.14. The van der Waals surface area contributed by atoms with Gasteiger partial charge >= 0.3 is 0 Å². The molecule has 1 aliphatic heterocycles. The smallest absolute Gasteiger partial charge is 0.115 e. The van der Waals surface area contributed by atoms with E-state index in [0.29, 0.717) is 11.8 Å². The molecule has 0 unspecified atom stereocenters. The van der Waals surface area contributed by atoms with E-state index < -0.39 is 0 Å². The van der Waals surface area contributed by atoms with Gasteiger partial charge in [0.25, 0.3) is 0 Å². The zero-order chi connectivity index (χ0) is 21.6. The number of aromatic nitrogens is 2. The van der Waals surface area contributed by atoms with Gasteiger partial charge in [0, 0.05) is 42.7 Å². The molecule has 160 valence electrons. The maximum absolute atomic E-state index is 9.61. The summed E-state index contributed by atoms with van der Waals surface area (Å²) in [5.41, 5.74) is 5.73. The number of allylic oxidation sites excluding steroid dienone is 8. The van der Waals surface area contributed by atoms with E-state index in [4.69, 9.17) is 0 Å². The van der Waals surface area contributed by atoms with Crippen molar-refractivity contribution >= 4 is 0 Å². The van der Waals surface area contributed by atoms with Gasteiger partial charge in [0.05, 0.1) is 11.4 Å². The maximum Gasteiger partial charge on any atom is 0.115 e. The first kappa shape index (κ1) is 21.1. The van der Waals surface area contributed by atoms with Crippen molar-refractivity contribution in [2.24, 2.45) is 5.92 Å². The van der Waals surface area contributed by atoms with Gasteiger partial charge in [-0.3, -0.25) is 9.97 Å². The van der Waals surface area contributed by atoms with E-state index in [0.717, 1.165) is 42.9 Å². The fraction of sp³-hybridized carbons (Fsp3) is 0.333. The number of phenolic OH excluding ortho intramolecular Hbond substituents is 1. The van der Waals surface area contributed by atoms with Crippen molar-refractivity contribution in [1.82, 2.24) is 14.9 Å². The minimum atomic E-state index is 0.265. The number of phenols is 1. The molecule has 0 bridgehead atoms.